The molecule has 156 valence electrons. The van der Waals surface area contributed by atoms with E-state index in [4.69, 9.17) is 21.1 Å². The number of fused-ring (bicyclic) bond motifs is 1. The number of hydrogen-bond acceptors (Lipinski definition) is 4. The average molecular weight is 416 g/mol. The van der Waals surface area contributed by atoms with E-state index in [1.807, 2.05) is 30.3 Å². The first-order chi connectivity index (χ1) is 14.1. The molecule has 2 aliphatic rings. The number of ether oxygens (including phenoxy) is 2. The lowest BCUT2D eigenvalue weighted by Crippen LogP contribution is -2.54. The van der Waals surface area contributed by atoms with Crippen molar-refractivity contribution >= 4 is 11.6 Å². The lowest BCUT2D eigenvalue weighted by Gasteiger charge is -2.53. The minimum atomic E-state index is -0.606. The van der Waals surface area contributed by atoms with E-state index >= 15 is 0 Å². The van der Waals surface area contributed by atoms with Gasteiger partial charge in [0.15, 0.2) is 0 Å². The highest BCUT2D eigenvalue weighted by molar-refractivity contribution is 6.31. The first-order valence-electron chi connectivity index (χ1n) is 10.5. The van der Waals surface area contributed by atoms with Crippen molar-refractivity contribution in [3.63, 3.8) is 0 Å². The van der Waals surface area contributed by atoms with Crippen LogP contribution in [0.1, 0.15) is 49.3 Å². The van der Waals surface area contributed by atoms with Crippen molar-refractivity contribution in [2.24, 2.45) is 5.92 Å². The van der Waals surface area contributed by atoms with Crippen molar-refractivity contribution in [3.05, 3.63) is 58.6 Å². The molecule has 4 rings (SSSR count). The van der Waals surface area contributed by atoms with E-state index in [1.165, 1.54) is 0 Å². The largest absolute Gasteiger partial charge is 0.497 e. The summed E-state index contributed by atoms with van der Waals surface area (Å²) in [5.41, 5.74) is 1.63. The summed E-state index contributed by atoms with van der Waals surface area (Å²) in [5, 5.41) is 12.3. The topological polar surface area (TPSA) is 41.9 Å². The highest BCUT2D eigenvalue weighted by Crippen LogP contribution is 2.51. The molecule has 2 aromatic rings. The zero-order chi connectivity index (χ0) is 20.4. The third kappa shape index (κ3) is 3.98. The average Bonchev–Trinajstić information content (AvgIpc) is 2.75. The van der Waals surface area contributed by atoms with Crippen molar-refractivity contribution in [1.82, 2.24) is 4.90 Å². The van der Waals surface area contributed by atoms with Crippen LogP contribution in [-0.2, 0) is 6.54 Å². The molecule has 29 heavy (non-hydrogen) atoms. The number of rotatable bonds is 5. The van der Waals surface area contributed by atoms with Gasteiger partial charge in [0.25, 0.3) is 0 Å². The van der Waals surface area contributed by atoms with Gasteiger partial charge in [-0.2, -0.15) is 0 Å². The number of benzene rings is 2. The van der Waals surface area contributed by atoms with Crippen molar-refractivity contribution < 1.29 is 14.6 Å². The van der Waals surface area contributed by atoms with Gasteiger partial charge >= 0.3 is 0 Å². The summed E-state index contributed by atoms with van der Waals surface area (Å²) in [7, 11) is 3.37. The molecule has 2 fully saturated rings. The van der Waals surface area contributed by atoms with Crippen LogP contribution < -0.4 is 9.47 Å². The molecule has 4 nitrogen and oxygen atoms in total. The summed E-state index contributed by atoms with van der Waals surface area (Å²) in [5.74, 6) is 1.76. The Bertz CT molecular complexity index is 858. The second-order valence-electron chi connectivity index (χ2n) is 8.32. The van der Waals surface area contributed by atoms with E-state index in [0.717, 1.165) is 72.8 Å². The van der Waals surface area contributed by atoms with Crippen LogP contribution in [-0.4, -0.2) is 36.4 Å². The second kappa shape index (κ2) is 8.55. The fraction of sp³-hybridized carbons (Fsp3) is 0.500. The number of methoxy groups -OCH3 is 2. The zero-order valence-electron chi connectivity index (χ0n) is 17.2. The van der Waals surface area contributed by atoms with Crippen LogP contribution in [0.15, 0.2) is 42.5 Å². The lowest BCUT2D eigenvalue weighted by molar-refractivity contribution is -0.126. The van der Waals surface area contributed by atoms with Gasteiger partial charge in [0.2, 0.25) is 0 Å². The highest BCUT2D eigenvalue weighted by Gasteiger charge is 2.49. The molecule has 0 spiro atoms. The maximum absolute atomic E-state index is 11.5. The number of halogens is 1. The standard InChI is InChI=1S/C24H30ClNO3/c1-28-18-10-11-19(22(15-18)29-2)23-20-8-5-6-12-24(20,27)13-14-26(23)16-17-7-3-4-9-21(17)25/h3-4,7,9-11,15,20,23,27H,5-6,8,12-14,16H2,1-2H3. The number of nitrogens with zero attached hydrogens (tertiary/aromatic N) is 1. The molecule has 0 aromatic heterocycles. The molecular weight excluding hydrogens is 386 g/mol. The molecule has 1 aliphatic heterocycles. The minimum absolute atomic E-state index is 0.0752. The molecule has 1 aliphatic carbocycles. The molecule has 1 heterocycles. The molecule has 1 N–H and O–H groups in total. The third-order valence-corrected chi connectivity index (χ3v) is 7.13. The summed E-state index contributed by atoms with van der Waals surface area (Å²) < 4.78 is 11.2. The number of piperidine rings is 1. The summed E-state index contributed by atoms with van der Waals surface area (Å²) >= 11 is 6.48. The van der Waals surface area contributed by atoms with Gasteiger partial charge < -0.3 is 14.6 Å². The second-order valence-corrected chi connectivity index (χ2v) is 8.73. The van der Waals surface area contributed by atoms with Crippen LogP contribution in [0.5, 0.6) is 11.5 Å². The Morgan fingerprint density at radius 3 is 2.69 bits per heavy atom. The van der Waals surface area contributed by atoms with E-state index in [0.29, 0.717) is 0 Å². The molecule has 1 saturated heterocycles. The summed E-state index contributed by atoms with van der Waals surface area (Å²) in [6, 6.07) is 14.1. The van der Waals surface area contributed by atoms with E-state index in [1.54, 1.807) is 14.2 Å². The summed E-state index contributed by atoms with van der Waals surface area (Å²) in [6.45, 7) is 1.59. The molecule has 5 heteroatoms. The summed E-state index contributed by atoms with van der Waals surface area (Å²) in [6.07, 6.45) is 4.96. The van der Waals surface area contributed by atoms with Gasteiger partial charge in [-0.3, -0.25) is 4.90 Å². The van der Waals surface area contributed by atoms with Gasteiger partial charge in [0.1, 0.15) is 11.5 Å². The number of hydrogen-bond donors (Lipinski definition) is 1. The Labute approximate surface area is 178 Å². The van der Waals surface area contributed by atoms with E-state index in [9.17, 15) is 5.11 Å². The normalized spacial score (nSPS) is 27.3. The van der Waals surface area contributed by atoms with Gasteiger partial charge in [0, 0.05) is 41.7 Å². The maximum Gasteiger partial charge on any atom is 0.127 e. The van der Waals surface area contributed by atoms with E-state index in [-0.39, 0.29) is 12.0 Å². The van der Waals surface area contributed by atoms with Crippen LogP contribution in [0.3, 0.4) is 0 Å². The summed E-state index contributed by atoms with van der Waals surface area (Å²) in [4.78, 5) is 2.47. The Morgan fingerprint density at radius 1 is 1.10 bits per heavy atom. The Hall–Kier alpha value is -1.75. The van der Waals surface area contributed by atoms with Crippen LogP contribution >= 0.6 is 11.6 Å². The fourth-order valence-electron chi connectivity index (χ4n) is 5.24. The minimum Gasteiger partial charge on any atom is -0.497 e. The Kier molecular flexibility index (Phi) is 6.05. The maximum atomic E-state index is 11.5. The molecule has 3 unspecified atom stereocenters. The number of likely N-dealkylation sites (tertiary alicyclic amines) is 1. The Balaban J connectivity index is 1.76. The SMILES string of the molecule is COc1ccc(C2C3CCCCC3(O)CCN2Cc2ccccc2Cl)c(OC)c1. The molecule has 0 radical (unpaired) electrons. The third-order valence-electron chi connectivity index (χ3n) is 6.76. The Morgan fingerprint density at radius 2 is 1.93 bits per heavy atom. The smallest absolute Gasteiger partial charge is 0.127 e. The molecule has 3 atom stereocenters. The van der Waals surface area contributed by atoms with Crippen LogP contribution in [0.4, 0.5) is 0 Å². The fourth-order valence-corrected chi connectivity index (χ4v) is 5.44. The first kappa shape index (κ1) is 20.5. The predicted octanol–water partition coefficient (Wildman–Crippen LogP) is 5.23. The van der Waals surface area contributed by atoms with Crippen molar-refractivity contribution in [1.29, 1.82) is 0 Å². The first-order valence-corrected chi connectivity index (χ1v) is 10.9. The van der Waals surface area contributed by atoms with Gasteiger partial charge in [-0.05, 0) is 37.0 Å². The highest BCUT2D eigenvalue weighted by atomic mass is 35.5. The predicted molar refractivity (Wildman–Crippen MR) is 116 cm³/mol. The van der Waals surface area contributed by atoms with E-state index < -0.39 is 5.60 Å². The van der Waals surface area contributed by atoms with Crippen molar-refractivity contribution in [2.45, 2.75) is 50.3 Å². The van der Waals surface area contributed by atoms with Crippen molar-refractivity contribution in [2.75, 3.05) is 20.8 Å². The van der Waals surface area contributed by atoms with Gasteiger partial charge in [-0.1, -0.05) is 48.7 Å². The molecule has 0 amide bonds. The number of aliphatic hydroxyl groups is 1. The van der Waals surface area contributed by atoms with Gasteiger partial charge in [-0.25, -0.2) is 0 Å². The molecule has 0 bridgehead atoms. The van der Waals surface area contributed by atoms with Gasteiger partial charge in [-0.15, -0.1) is 0 Å². The zero-order valence-corrected chi connectivity index (χ0v) is 18.0. The van der Waals surface area contributed by atoms with Crippen LogP contribution in [0.25, 0.3) is 0 Å². The van der Waals surface area contributed by atoms with Crippen LogP contribution in [0.2, 0.25) is 5.02 Å². The quantitative estimate of drug-likeness (QED) is 0.726. The van der Waals surface area contributed by atoms with Gasteiger partial charge in [0.05, 0.1) is 19.8 Å². The lowest BCUT2D eigenvalue weighted by atomic mass is 9.66. The molecule has 1 saturated carbocycles. The monoisotopic (exact) mass is 415 g/mol. The van der Waals surface area contributed by atoms with Crippen molar-refractivity contribution in [3.8, 4) is 11.5 Å². The molecule has 2 aromatic carbocycles. The molecular formula is C24H30ClNO3. The van der Waals surface area contributed by atoms with E-state index in [2.05, 4.69) is 17.0 Å². The van der Waals surface area contributed by atoms with Crippen LogP contribution in [0, 0.1) is 5.92 Å².